The first-order chi connectivity index (χ1) is 8.88. The second-order valence-corrected chi connectivity index (χ2v) is 4.74. The molecule has 2 aromatic rings. The third kappa shape index (κ3) is 2.11. The van der Waals surface area contributed by atoms with Crippen molar-refractivity contribution in [2.45, 2.75) is 38.3 Å². The maximum absolute atomic E-state index is 5.75. The quantitative estimate of drug-likeness (QED) is 0.886. The molecule has 0 aromatic carbocycles. The monoisotopic (exact) mass is 246 g/mol. The Bertz CT molecular complexity index is 531. The van der Waals surface area contributed by atoms with Gasteiger partial charge in [-0.3, -0.25) is 4.40 Å². The zero-order chi connectivity index (χ0) is 12.4. The molecule has 96 valence electrons. The Morgan fingerprint density at radius 3 is 3.11 bits per heavy atom. The molecule has 0 radical (unpaired) electrons. The number of rotatable bonds is 3. The first-order valence-electron chi connectivity index (χ1n) is 6.51. The van der Waals surface area contributed by atoms with Gasteiger partial charge in [-0.25, -0.2) is 0 Å². The minimum atomic E-state index is 0.285. The van der Waals surface area contributed by atoms with Crippen LogP contribution < -0.4 is 5.73 Å². The van der Waals surface area contributed by atoms with Gasteiger partial charge in [0.1, 0.15) is 5.82 Å². The number of pyridine rings is 1. The van der Waals surface area contributed by atoms with Crippen molar-refractivity contribution in [1.82, 2.24) is 14.6 Å². The fraction of sp³-hybridized carbons (Fsp3) is 0.538. The van der Waals surface area contributed by atoms with Crippen LogP contribution in [0.3, 0.4) is 0 Å². The Hall–Kier alpha value is -1.46. The topological polar surface area (TPSA) is 65.4 Å². The van der Waals surface area contributed by atoms with E-state index in [0.29, 0.717) is 6.54 Å². The van der Waals surface area contributed by atoms with E-state index in [1.54, 1.807) is 0 Å². The van der Waals surface area contributed by atoms with Crippen LogP contribution in [0.2, 0.25) is 0 Å². The molecular formula is C13H18N4O. The van der Waals surface area contributed by atoms with Crippen molar-refractivity contribution in [2.75, 3.05) is 6.61 Å². The van der Waals surface area contributed by atoms with Crippen molar-refractivity contribution in [2.24, 2.45) is 5.73 Å². The zero-order valence-electron chi connectivity index (χ0n) is 10.4. The van der Waals surface area contributed by atoms with Gasteiger partial charge in [-0.15, -0.1) is 10.2 Å². The van der Waals surface area contributed by atoms with Crippen LogP contribution in [0.1, 0.15) is 30.7 Å². The lowest BCUT2D eigenvalue weighted by Crippen LogP contribution is -2.22. The third-order valence-corrected chi connectivity index (χ3v) is 3.49. The third-order valence-electron chi connectivity index (χ3n) is 3.49. The van der Waals surface area contributed by atoms with E-state index >= 15 is 0 Å². The Balaban J connectivity index is 1.88. The maximum atomic E-state index is 5.75. The summed E-state index contributed by atoms with van der Waals surface area (Å²) in [5.74, 6) is 0.965. The predicted molar refractivity (Wildman–Crippen MR) is 68.2 cm³/mol. The van der Waals surface area contributed by atoms with E-state index in [0.717, 1.165) is 36.5 Å². The van der Waals surface area contributed by atoms with Gasteiger partial charge < -0.3 is 10.5 Å². The standard InChI is InChI=1S/C13H18N4O/c14-9-10-4-3-6-17-12(15-16-13(10)17)8-11-5-1-2-7-18-11/h3-4,6,11H,1-2,5,7-9,14H2. The number of hydrogen-bond acceptors (Lipinski definition) is 4. The van der Waals surface area contributed by atoms with Gasteiger partial charge in [0.15, 0.2) is 5.65 Å². The van der Waals surface area contributed by atoms with Crippen LogP contribution in [0.25, 0.3) is 5.65 Å². The summed E-state index contributed by atoms with van der Waals surface area (Å²) in [6.45, 7) is 1.36. The normalized spacial score (nSPS) is 20.4. The van der Waals surface area contributed by atoms with Gasteiger partial charge >= 0.3 is 0 Å². The molecule has 18 heavy (non-hydrogen) atoms. The lowest BCUT2D eigenvalue weighted by Gasteiger charge is -2.21. The molecule has 1 unspecified atom stereocenters. The molecule has 1 fully saturated rings. The molecule has 3 rings (SSSR count). The van der Waals surface area contributed by atoms with Gasteiger partial charge in [-0.2, -0.15) is 0 Å². The molecule has 0 aliphatic carbocycles. The van der Waals surface area contributed by atoms with E-state index in [4.69, 9.17) is 10.5 Å². The van der Waals surface area contributed by atoms with Gasteiger partial charge in [-0.05, 0) is 25.3 Å². The molecule has 1 aliphatic rings. The minimum Gasteiger partial charge on any atom is -0.378 e. The SMILES string of the molecule is NCc1cccn2c(CC3CCCCO3)nnc12. The summed E-state index contributed by atoms with van der Waals surface area (Å²) in [6.07, 6.45) is 6.64. The van der Waals surface area contributed by atoms with Gasteiger partial charge in [0.05, 0.1) is 6.10 Å². The van der Waals surface area contributed by atoms with Crippen molar-refractivity contribution in [3.05, 3.63) is 29.7 Å². The molecule has 3 heterocycles. The Morgan fingerprint density at radius 2 is 2.33 bits per heavy atom. The van der Waals surface area contributed by atoms with E-state index < -0.39 is 0 Å². The van der Waals surface area contributed by atoms with E-state index in [2.05, 4.69) is 10.2 Å². The first kappa shape index (κ1) is 11.6. The molecule has 5 heteroatoms. The first-order valence-corrected chi connectivity index (χ1v) is 6.51. The second kappa shape index (κ2) is 5.04. The van der Waals surface area contributed by atoms with Crippen LogP contribution >= 0.6 is 0 Å². The highest BCUT2D eigenvalue weighted by atomic mass is 16.5. The molecule has 0 saturated carbocycles. The van der Waals surface area contributed by atoms with Gasteiger partial charge in [0.2, 0.25) is 0 Å². The number of nitrogens with two attached hydrogens (primary N) is 1. The lowest BCUT2D eigenvalue weighted by molar-refractivity contribution is 0.0155. The molecule has 1 atom stereocenters. The highest BCUT2D eigenvalue weighted by Crippen LogP contribution is 2.17. The van der Waals surface area contributed by atoms with Crippen LogP contribution in [0.15, 0.2) is 18.3 Å². The largest absolute Gasteiger partial charge is 0.378 e. The Kier molecular flexibility index (Phi) is 3.25. The highest BCUT2D eigenvalue weighted by Gasteiger charge is 2.18. The van der Waals surface area contributed by atoms with Crippen molar-refractivity contribution in [1.29, 1.82) is 0 Å². The van der Waals surface area contributed by atoms with Gasteiger partial charge in [-0.1, -0.05) is 6.07 Å². The highest BCUT2D eigenvalue weighted by molar-refractivity contribution is 5.47. The Labute approximate surface area is 106 Å². The van der Waals surface area contributed by atoms with E-state index in [1.165, 1.54) is 12.8 Å². The fourth-order valence-electron chi connectivity index (χ4n) is 2.49. The molecule has 1 aliphatic heterocycles. The van der Waals surface area contributed by atoms with Gasteiger partial charge in [0, 0.05) is 31.3 Å². The van der Waals surface area contributed by atoms with Crippen LogP contribution in [-0.4, -0.2) is 27.3 Å². The number of nitrogens with zero attached hydrogens (tertiary/aromatic N) is 3. The van der Waals surface area contributed by atoms with Crippen LogP contribution in [0.4, 0.5) is 0 Å². The van der Waals surface area contributed by atoms with Crippen LogP contribution in [-0.2, 0) is 17.7 Å². The molecule has 2 aromatic heterocycles. The molecule has 0 bridgehead atoms. The van der Waals surface area contributed by atoms with Crippen LogP contribution in [0.5, 0.6) is 0 Å². The number of fused-ring (bicyclic) bond motifs is 1. The zero-order valence-corrected chi connectivity index (χ0v) is 10.4. The summed E-state index contributed by atoms with van der Waals surface area (Å²) in [4.78, 5) is 0. The fourth-order valence-corrected chi connectivity index (χ4v) is 2.49. The molecular weight excluding hydrogens is 228 g/mol. The van der Waals surface area contributed by atoms with Gasteiger partial charge in [0.25, 0.3) is 0 Å². The number of hydrogen-bond donors (Lipinski definition) is 1. The second-order valence-electron chi connectivity index (χ2n) is 4.74. The predicted octanol–water partition coefficient (Wildman–Crippen LogP) is 1.30. The summed E-state index contributed by atoms with van der Waals surface area (Å²) in [6, 6.07) is 3.98. The number of ether oxygens (including phenoxy) is 1. The number of aromatic nitrogens is 3. The molecule has 0 spiro atoms. The van der Waals surface area contributed by atoms with E-state index in [9.17, 15) is 0 Å². The molecule has 0 amide bonds. The molecule has 2 N–H and O–H groups in total. The summed E-state index contributed by atoms with van der Waals surface area (Å²) in [5.41, 5.74) is 7.60. The minimum absolute atomic E-state index is 0.285. The van der Waals surface area contributed by atoms with Crippen molar-refractivity contribution in [3.8, 4) is 0 Å². The van der Waals surface area contributed by atoms with Crippen LogP contribution in [0, 0.1) is 0 Å². The Morgan fingerprint density at radius 1 is 1.39 bits per heavy atom. The van der Waals surface area contributed by atoms with E-state index in [-0.39, 0.29) is 6.10 Å². The summed E-state index contributed by atoms with van der Waals surface area (Å²) < 4.78 is 7.78. The average Bonchev–Trinajstić information content (AvgIpc) is 2.83. The smallest absolute Gasteiger partial charge is 0.165 e. The molecule has 5 nitrogen and oxygen atoms in total. The van der Waals surface area contributed by atoms with Crippen molar-refractivity contribution < 1.29 is 4.74 Å². The average molecular weight is 246 g/mol. The summed E-state index contributed by atoms with van der Waals surface area (Å²) in [5, 5.41) is 8.51. The van der Waals surface area contributed by atoms with Crippen molar-refractivity contribution >= 4 is 5.65 Å². The summed E-state index contributed by atoms with van der Waals surface area (Å²) in [7, 11) is 0. The maximum Gasteiger partial charge on any atom is 0.165 e. The molecule has 1 saturated heterocycles. The lowest BCUT2D eigenvalue weighted by atomic mass is 10.1. The van der Waals surface area contributed by atoms with Crippen molar-refractivity contribution in [3.63, 3.8) is 0 Å². The summed E-state index contributed by atoms with van der Waals surface area (Å²) >= 11 is 0. The van der Waals surface area contributed by atoms with E-state index in [1.807, 2.05) is 22.7 Å².